The standard InChI is InChI=1S/C20H24N2O2/c1-15(23)18-13-22(19-10-6-5-9-17(18)19)14-20(24)21-12-11-16-7-3-2-4-8-16/h5-7,9-10,13H,2-4,8,11-12,14H2,1H3,(H,21,24). The molecule has 4 heteroatoms. The van der Waals surface area contributed by atoms with Gasteiger partial charge < -0.3 is 9.88 Å². The summed E-state index contributed by atoms with van der Waals surface area (Å²) < 4.78 is 1.86. The molecule has 1 N–H and O–H groups in total. The fourth-order valence-electron chi connectivity index (χ4n) is 3.36. The van der Waals surface area contributed by atoms with Gasteiger partial charge in [-0.3, -0.25) is 9.59 Å². The number of benzene rings is 1. The summed E-state index contributed by atoms with van der Waals surface area (Å²) in [6.45, 7) is 2.49. The molecular weight excluding hydrogens is 300 g/mol. The number of amides is 1. The molecule has 3 rings (SSSR count). The predicted octanol–water partition coefficient (Wildman–Crippen LogP) is 3.85. The van der Waals surface area contributed by atoms with Crippen LogP contribution >= 0.6 is 0 Å². The Labute approximate surface area is 142 Å². The average molecular weight is 324 g/mol. The summed E-state index contributed by atoms with van der Waals surface area (Å²) in [5.41, 5.74) is 3.06. The largest absolute Gasteiger partial charge is 0.354 e. The third-order valence-corrected chi connectivity index (χ3v) is 4.64. The normalized spacial score (nSPS) is 14.5. The van der Waals surface area contributed by atoms with Gasteiger partial charge in [0, 0.05) is 29.2 Å². The van der Waals surface area contributed by atoms with E-state index in [2.05, 4.69) is 11.4 Å². The molecule has 1 heterocycles. The Bertz CT molecular complexity index is 786. The number of allylic oxidation sites excluding steroid dienone is 1. The topological polar surface area (TPSA) is 51.1 Å². The van der Waals surface area contributed by atoms with Gasteiger partial charge in [0.15, 0.2) is 5.78 Å². The maximum absolute atomic E-state index is 12.2. The van der Waals surface area contributed by atoms with Gasteiger partial charge in [-0.15, -0.1) is 0 Å². The zero-order valence-corrected chi connectivity index (χ0v) is 14.2. The van der Waals surface area contributed by atoms with E-state index >= 15 is 0 Å². The lowest BCUT2D eigenvalue weighted by Gasteiger charge is -2.13. The first kappa shape index (κ1) is 16.5. The van der Waals surface area contributed by atoms with Crippen molar-refractivity contribution in [1.29, 1.82) is 0 Å². The summed E-state index contributed by atoms with van der Waals surface area (Å²) in [6.07, 6.45) is 9.94. The van der Waals surface area contributed by atoms with Crippen molar-refractivity contribution >= 4 is 22.6 Å². The highest BCUT2D eigenvalue weighted by Gasteiger charge is 2.13. The summed E-state index contributed by atoms with van der Waals surface area (Å²) >= 11 is 0. The number of hydrogen-bond acceptors (Lipinski definition) is 2. The minimum absolute atomic E-state index is 0.0118. The van der Waals surface area contributed by atoms with Crippen molar-refractivity contribution in [3.05, 3.63) is 47.7 Å². The number of nitrogens with one attached hydrogen (secondary N) is 1. The predicted molar refractivity (Wildman–Crippen MR) is 96.1 cm³/mol. The quantitative estimate of drug-likeness (QED) is 0.648. The van der Waals surface area contributed by atoms with E-state index in [9.17, 15) is 9.59 Å². The van der Waals surface area contributed by atoms with Crippen LogP contribution in [0.1, 0.15) is 49.4 Å². The molecule has 1 aromatic heterocycles. The molecule has 0 spiro atoms. The molecule has 0 atom stereocenters. The highest BCUT2D eigenvalue weighted by molar-refractivity contribution is 6.07. The first-order valence-corrected chi connectivity index (χ1v) is 8.68. The van der Waals surface area contributed by atoms with E-state index in [0.717, 1.165) is 17.3 Å². The van der Waals surface area contributed by atoms with Crippen LogP contribution in [-0.4, -0.2) is 22.8 Å². The van der Waals surface area contributed by atoms with E-state index in [1.54, 1.807) is 13.1 Å². The van der Waals surface area contributed by atoms with Gasteiger partial charge in [0.25, 0.3) is 0 Å². The number of fused-ring (bicyclic) bond motifs is 1. The Morgan fingerprint density at radius 3 is 2.79 bits per heavy atom. The van der Waals surface area contributed by atoms with E-state index in [1.165, 1.54) is 31.3 Å². The van der Waals surface area contributed by atoms with Crippen molar-refractivity contribution in [3.63, 3.8) is 0 Å². The SMILES string of the molecule is CC(=O)c1cn(CC(=O)NCCC2=CCCCC2)c2ccccc12. The number of Topliss-reactive ketones (excluding diaryl/α,β-unsaturated/α-hetero) is 1. The van der Waals surface area contributed by atoms with Gasteiger partial charge in [0.2, 0.25) is 5.91 Å². The van der Waals surface area contributed by atoms with Crippen molar-refractivity contribution in [2.75, 3.05) is 6.54 Å². The maximum Gasteiger partial charge on any atom is 0.239 e. The summed E-state index contributed by atoms with van der Waals surface area (Å²) in [4.78, 5) is 24.0. The molecule has 2 aromatic rings. The minimum atomic E-state index is -0.0118. The number of para-hydroxylation sites is 1. The number of nitrogens with zero attached hydrogens (tertiary/aromatic N) is 1. The Morgan fingerprint density at radius 2 is 2.04 bits per heavy atom. The Balaban J connectivity index is 1.63. The molecule has 1 aliphatic carbocycles. The molecule has 0 saturated carbocycles. The van der Waals surface area contributed by atoms with Gasteiger partial charge in [-0.1, -0.05) is 29.8 Å². The van der Waals surface area contributed by atoms with Crippen molar-refractivity contribution in [3.8, 4) is 0 Å². The van der Waals surface area contributed by atoms with Gasteiger partial charge in [-0.05, 0) is 45.1 Å². The second kappa shape index (κ2) is 7.47. The maximum atomic E-state index is 12.2. The molecular formula is C20H24N2O2. The number of aromatic nitrogens is 1. The molecule has 0 radical (unpaired) electrons. The fourth-order valence-corrected chi connectivity index (χ4v) is 3.36. The van der Waals surface area contributed by atoms with E-state index in [1.807, 2.05) is 28.8 Å². The van der Waals surface area contributed by atoms with E-state index in [0.29, 0.717) is 12.1 Å². The van der Waals surface area contributed by atoms with Gasteiger partial charge in [0.1, 0.15) is 6.54 Å². The average Bonchev–Trinajstić information content (AvgIpc) is 2.95. The van der Waals surface area contributed by atoms with Gasteiger partial charge >= 0.3 is 0 Å². The molecule has 1 aliphatic rings. The smallest absolute Gasteiger partial charge is 0.239 e. The minimum Gasteiger partial charge on any atom is -0.354 e. The zero-order chi connectivity index (χ0) is 16.9. The number of rotatable bonds is 6. The molecule has 0 unspecified atom stereocenters. The third-order valence-electron chi connectivity index (χ3n) is 4.64. The number of hydrogen-bond donors (Lipinski definition) is 1. The van der Waals surface area contributed by atoms with E-state index in [-0.39, 0.29) is 18.2 Å². The Hall–Kier alpha value is -2.36. The molecule has 0 bridgehead atoms. The van der Waals surface area contributed by atoms with Crippen LogP contribution in [0.3, 0.4) is 0 Å². The number of carbonyl (C=O) groups excluding carboxylic acids is 2. The molecule has 0 aliphatic heterocycles. The molecule has 4 nitrogen and oxygen atoms in total. The Morgan fingerprint density at radius 1 is 1.21 bits per heavy atom. The van der Waals surface area contributed by atoms with Gasteiger partial charge in [-0.25, -0.2) is 0 Å². The monoisotopic (exact) mass is 324 g/mol. The van der Waals surface area contributed by atoms with Crippen molar-refractivity contribution in [1.82, 2.24) is 9.88 Å². The van der Waals surface area contributed by atoms with Crippen LogP contribution in [-0.2, 0) is 11.3 Å². The van der Waals surface area contributed by atoms with E-state index in [4.69, 9.17) is 0 Å². The lowest BCUT2D eigenvalue weighted by Crippen LogP contribution is -2.28. The Kier molecular flexibility index (Phi) is 5.14. The lowest BCUT2D eigenvalue weighted by atomic mass is 9.97. The van der Waals surface area contributed by atoms with Crippen molar-refractivity contribution < 1.29 is 9.59 Å². The van der Waals surface area contributed by atoms with Crippen molar-refractivity contribution in [2.24, 2.45) is 0 Å². The molecule has 0 saturated heterocycles. The van der Waals surface area contributed by atoms with E-state index < -0.39 is 0 Å². The lowest BCUT2D eigenvalue weighted by molar-refractivity contribution is -0.121. The zero-order valence-electron chi connectivity index (χ0n) is 14.2. The van der Waals surface area contributed by atoms with Crippen LogP contribution in [0, 0.1) is 0 Å². The number of ketones is 1. The molecule has 1 amide bonds. The fraction of sp³-hybridized carbons (Fsp3) is 0.400. The second-order valence-electron chi connectivity index (χ2n) is 6.45. The summed E-state index contributed by atoms with van der Waals surface area (Å²) in [5, 5.41) is 3.90. The number of carbonyl (C=O) groups is 2. The second-order valence-corrected chi connectivity index (χ2v) is 6.45. The molecule has 126 valence electrons. The first-order valence-electron chi connectivity index (χ1n) is 8.68. The molecule has 0 fully saturated rings. The van der Waals surface area contributed by atoms with Gasteiger partial charge in [0.05, 0.1) is 0 Å². The first-order chi connectivity index (χ1) is 11.6. The van der Waals surface area contributed by atoms with Crippen LogP contribution in [0.15, 0.2) is 42.1 Å². The van der Waals surface area contributed by atoms with Crippen molar-refractivity contribution in [2.45, 2.75) is 45.6 Å². The van der Waals surface area contributed by atoms with Crippen LogP contribution in [0.2, 0.25) is 0 Å². The van der Waals surface area contributed by atoms with Crippen LogP contribution < -0.4 is 5.32 Å². The molecule has 1 aromatic carbocycles. The van der Waals surface area contributed by atoms with Crippen LogP contribution in [0.25, 0.3) is 10.9 Å². The third kappa shape index (κ3) is 3.75. The summed E-state index contributed by atoms with van der Waals surface area (Å²) in [7, 11) is 0. The summed E-state index contributed by atoms with van der Waals surface area (Å²) in [6, 6.07) is 7.71. The van der Waals surface area contributed by atoms with Crippen LogP contribution in [0.5, 0.6) is 0 Å². The highest BCUT2D eigenvalue weighted by atomic mass is 16.2. The molecule has 24 heavy (non-hydrogen) atoms. The van der Waals surface area contributed by atoms with Gasteiger partial charge in [-0.2, -0.15) is 0 Å². The highest BCUT2D eigenvalue weighted by Crippen LogP contribution is 2.22. The van der Waals surface area contributed by atoms with Crippen LogP contribution in [0.4, 0.5) is 0 Å². The summed E-state index contributed by atoms with van der Waals surface area (Å²) in [5.74, 6) is 0.0110.